The SMILES string of the molecule is C=Cc1ccc(C2(c3c(C)c(C(=C)C)c(F)c(F)c3F)c3ccccc3-c3ccc(C(Nc4ccc(-c5ccc(N(c6ccc7c(c6)C(c6ccc(C=C)cc6)(c6c(F)c(F)c(F)c(C)c6C(=C)C)c6ccccc6-7)c6cccc7ccccc67)cc5)cc4)c4cccc5ccccc45)cc32)cc1. The Balaban J connectivity index is 0.823. The monoisotopic (exact) mass is 1350 g/mol. The van der Waals surface area contributed by atoms with E-state index in [0.717, 1.165) is 105 Å². The van der Waals surface area contributed by atoms with Crippen molar-refractivity contribution in [3.8, 4) is 33.4 Å². The van der Waals surface area contributed by atoms with Gasteiger partial charge in [-0.3, -0.25) is 0 Å². The molecule has 0 aromatic heterocycles. The van der Waals surface area contributed by atoms with E-state index in [1.807, 2.05) is 133 Å². The number of fused-ring (bicyclic) bond motifs is 8. The first kappa shape index (κ1) is 65.4. The van der Waals surface area contributed by atoms with Gasteiger partial charge in [-0.05, 0) is 198 Å². The van der Waals surface area contributed by atoms with Gasteiger partial charge in [0.15, 0.2) is 34.9 Å². The number of benzene rings is 14. The second kappa shape index (κ2) is 25.4. The van der Waals surface area contributed by atoms with Gasteiger partial charge in [0, 0.05) is 39.1 Å². The van der Waals surface area contributed by atoms with Gasteiger partial charge in [-0.15, -0.1) is 0 Å². The van der Waals surface area contributed by atoms with Crippen molar-refractivity contribution in [1.82, 2.24) is 0 Å². The topological polar surface area (TPSA) is 15.3 Å². The third-order valence-corrected chi connectivity index (χ3v) is 21.4. The van der Waals surface area contributed by atoms with Crippen LogP contribution in [0.4, 0.5) is 49.1 Å². The number of rotatable bonds is 16. The second-order valence-electron chi connectivity index (χ2n) is 27.1. The highest BCUT2D eigenvalue weighted by Gasteiger charge is 2.52. The Kier molecular flexibility index (Phi) is 16.1. The van der Waals surface area contributed by atoms with Gasteiger partial charge in [-0.1, -0.05) is 268 Å². The van der Waals surface area contributed by atoms with Crippen molar-refractivity contribution in [2.75, 3.05) is 10.2 Å². The van der Waals surface area contributed by atoms with E-state index in [1.165, 1.54) is 6.92 Å². The zero-order chi connectivity index (χ0) is 71.3. The fraction of sp³-hybridized carbons (Fsp3) is 0.0737. The first-order chi connectivity index (χ1) is 50.0. The van der Waals surface area contributed by atoms with Crippen molar-refractivity contribution in [1.29, 1.82) is 0 Å². The van der Waals surface area contributed by atoms with Crippen LogP contribution in [0.1, 0.15) is 109 Å². The minimum absolute atomic E-state index is 0.00819. The molecule has 3 unspecified atom stereocenters. The maximum absolute atomic E-state index is 17.8. The molecule has 0 heterocycles. The Morgan fingerprint density at radius 3 is 1.46 bits per heavy atom. The highest BCUT2D eigenvalue weighted by atomic mass is 19.2. The summed E-state index contributed by atoms with van der Waals surface area (Å²) in [5.74, 6) is -8.20. The molecule has 500 valence electrons. The molecule has 14 aromatic rings. The lowest BCUT2D eigenvalue weighted by Gasteiger charge is -2.37. The van der Waals surface area contributed by atoms with Crippen LogP contribution in [0.3, 0.4) is 0 Å². The summed E-state index contributed by atoms with van der Waals surface area (Å²) in [6.07, 6.45) is 3.47. The fourth-order valence-corrected chi connectivity index (χ4v) is 16.9. The van der Waals surface area contributed by atoms with Crippen LogP contribution in [0.25, 0.3) is 78.2 Å². The predicted molar refractivity (Wildman–Crippen MR) is 413 cm³/mol. The highest BCUT2D eigenvalue weighted by Crippen LogP contribution is 2.62. The Morgan fingerprint density at radius 2 is 0.864 bits per heavy atom. The number of hydrogen-bond acceptors (Lipinski definition) is 2. The molecule has 0 aliphatic heterocycles. The van der Waals surface area contributed by atoms with Gasteiger partial charge < -0.3 is 10.2 Å². The van der Waals surface area contributed by atoms with E-state index in [0.29, 0.717) is 33.4 Å². The summed E-state index contributed by atoms with van der Waals surface area (Å²) in [7, 11) is 0. The third-order valence-electron chi connectivity index (χ3n) is 21.4. The normalized spacial score (nSPS) is 15.1. The summed E-state index contributed by atoms with van der Waals surface area (Å²) < 4.78 is 101. The number of nitrogens with one attached hydrogen (secondary N) is 1. The first-order valence-electron chi connectivity index (χ1n) is 34.3. The molecule has 0 saturated heterocycles. The van der Waals surface area contributed by atoms with Crippen molar-refractivity contribution in [3.05, 3.63) is 417 Å². The quantitative estimate of drug-likeness (QED) is 0.0766. The highest BCUT2D eigenvalue weighted by molar-refractivity contribution is 6.00. The molecule has 0 spiro atoms. The molecule has 16 rings (SSSR count). The second-order valence-corrected chi connectivity index (χ2v) is 27.1. The molecule has 2 aliphatic rings. The van der Waals surface area contributed by atoms with E-state index in [2.05, 4.69) is 170 Å². The summed E-state index contributed by atoms with van der Waals surface area (Å²) in [6, 6.07) is 88.5. The van der Waals surface area contributed by atoms with Gasteiger partial charge >= 0.3 is 0 Å². The van der Waals surface area contributed by atoms with Crippen LogP contribution in [-0.4, -0.2) is 0 Å². The number of halogens is 6. The molecule has 2 nitrogen and oxygen atoms in total. The Bertz CT molecular complexity index is 5860. The van der Waals surface area contributed by atoms with Crippen LogP contribution in [-0.2, 0) is 10.8 Å². The molecule has 3 atom stereocenters. The van der Waals surface area contributed by atoms with Crippen LogP contribution < -0.4 is 10.2 Å². The minimum Gasteiger partial charge on any atom is -0.374 e. The summed E-state index contributed by atoms with van der Waals surface area (Å²) in [6.45, 7) is 22.8. The summed E-state index contributed by atoms with van der Waals surface area (Å²) in [5.41, 5.74) is 14.0. The first-order valence-corrected chi connectivity index (χ1v) is 34.3. The van der Waals surface area contributed by atoms with E-state index < -0.39 is 51.8 Å². The Hall–Kier alpha value is -12.3. The average molecular weight is 1350 g/mol. The van der Waals surface area contributed by atoms with Crippen molar-refractivity contribution in [3.63, 3.8) is 0 Å². The molecule has 8 heteroatoms. The van der Waals surface area contributed by atoms with Crippen LogP contribution in [0.15, 0.2) is 293 Å². The van der Waals surface area contributed by atoms with Crippen molar-refractivity contribution >= 4 is 67.6 Å². The van der Waals surface area contributed by atoms with Crippen molar-refractivity contribution in [2.24, 2.45) is 0 Å². The maximum atomic E-state index is 17.8. The van der Waals surface area contributed by atoms with Gasteiger partial charge in [-0.25, -0.2) is 26.3 Å². The lowest BCUT2D eigenvalue weighted by atomic mass is 9.65. The van der Waals surface area contributed by atoms with Gasteiger partial charge in [-0.2, -0.15) is 0 Å². The molecule has 0 saturated carbocycles. The molecule has 2 aliphatic carbocycles. The van der Waals surface area contributed by atoms with E-state index in [9.17, 15) is 0 Å². The van der Waals surface area contributed by atoms with Gasteiger partial charge in [0.25, 0.3) is 0 Å². The van der Waals surface area contributed by atoms with Crippen molar-refractivity contribution in [2.45, 2.75) is 44.6 Å². The standard InChI is InChI=1S/C95H68F6N2/c1-9-59-33-42-66(43-34-59)94(85-57(7)84(56(5)6)88(97)92(101)89(85)98)78-30-17-15-27-73(78)75-51-41-65(53-80(75)94)93(77-29-19-23-63-21-11-13-25-71(63)77)102-68-46-37-61(38-47-68)62-39-48-69(49-40-62)103(82-32-20-24-64-22-12-14-26-72(64)82)70-50-52-76-74-28-16-18-31-79(74)95(81(76)54-70,67-44-35-60(10-2)36-45-67)86-83(55(3)4)58(8)87(96)91(100)90(86)99/h9-54,93,102H,1-3,5H2,4,6-8H3. The van der Waals surface area contributed by atoms with E-state index in [-0.39, 0.29) is 39.0 Å². The van der Waals surface area contributed by atoms with Crippen LogP contribution >= 0.6 is 0 Å². The minimum atomic E-state index is -1.56. The maximum Gasteiger partial charge on any atom is 0.195 e. The smallest absolute Gasteiger partial charge is 0.195 e. The Labute approximate surface area is 595 Å². The van der Waals surface area contributed by atoms with Gasteiger partial charge in [0.1, 0.15) is 0 Å². The van der Waals surface area contributed by atoms with Crippen molar-refractivity contribution < 1.29 is 26.3 Å². The lowest BCUT2D eigenvalue weighted by Crippen LogP contribution is -2.32. The van der Waals surface area contributed by atoms with Gasteiger partial charge in [0.05, 0.1) is 22.6 Å². The summed E-state index contributed by atoms with van der Waals surface area (Å²) in [4.78, 5) is 2.20. The van der Waals surface area contributed by atoms with Crippen LogP contribution in [0, 0.1) is 48.8 Å². The number of nitrogens with zero attached hydrogens (tertiary/aromatic N) is 1. The Morgan fingerprint density at radius 1 is 0.398 bits per heavy atom. The zero-order valence-electron chi connectivity index (χ0n) is 57.2. The molecule has 0 radical (unpaired) electrons. The largest absolute Gasteiger partial charge is 0.374 e. The predicted octanol–water partition coefficient (Wildman–Crippen LogP) is 25.9. The zero-order valence-corrected chi connectivity index (χ0v) is 57.2. The lowest BCUT2D eigenvalue weighted by molar-refractivity contribution is 0.431. The van der Waals surface area contributed by atoms with E-state index in [4.69, 9.17) is 0 Å². The molecule has 0 bridgehead atoms. The molecule has 1 N–H and O–H groups in total. The molecular formula is C95H68F6N2. The van der Waals surface area contributed by atoms with E-state index >= 15 is 26.3 Å². The van der Waals surface area contributed by atoms with Crippen LogP contribution in [0.5, 0.6) is 0 Å². The average Bonchev–Trinajstić information content (AvgIpc) is 1.56. The number of hydrogen-bond donors (Lipinski definition) is 1. The fourth-order valence-electron chi connectivity index (χ4n) is 16.9. The van der Waals surface area contributed by atoms with Crippen LogP contribution in [0.2, 0.25) is 0 Å². The van der Waals surface area contributed by atoms with E-state index in [1.54, 1.807) is 32.9 Å². The summed E-state index contributed by atoms with van der Waals surface area (Å²) in [5, 5.41) is 8.01. The van der Waals surface area contributed by atoms with Gasteiger partial charge in [0.2, 0.25) is 0 Å². The molecule has 0 amide bonds. The number of anilines is 4. The third kappa shape index (κ3) is 10.1. The molecule has 0 fully saturated rings. The molecule has 103 heavy (non-hydrogen) atoms. The molecule has 14 aromatic carbocycles. The summed E-state index contributed by atoms with van der Waals surface area (Å²) >= 11 is 0. The number of allylic oxidation sites excluding steroid dienone is 2. The molecular weight excluding hydrogens is 1280 g/mol.